The van der Waals surface area contributed by atoms with Crippen LogP contribution in [0.3, 0.4) is 0 Å². The molecule has 1 aliphatic carbocycles. The molecule has 18 heavy (non-hydrogen) atoms. The number of amidine groups is 1. The Kier molecular flexibility index (Phi) is 3.71. The number of rotatable bonds is 0. The molecule has 1 heterocycles. The Morgan fingerprint density at radius 3 is 2.94 bits per heavy atom. The highest BCUT2D eigenvalue weighted by atomic mass is 79.9. The lowest BCUT2D eigenvalue weighted by Crippen LogP contribution is -2.44. The first-order chi connectivity index (χ1) is 8.07. The number of benzene rings is 1. The normalized spacial score (nSPS) is 31.2. The van der Waals surface area contributed by atoms with Crippen LogP contribution in [-0.2, 0) is 12.1 Å². The predicted octanol–water partition coefficient (Wildman–Crippen LogP) is 2.65. The fraction of sp³-hybridized carbons (Fsp3) is 0.417. The average molecular weight is 350 g/mol. The zero-order valence-electron chi connectivity index (χ0n) is 10.1. The maximum Gasteiger partial charge on any atom is 0.178 e. The molecule has 0 amide bonds. The van der Waals surface area contributed by atoms with Crippen LogP contribution in [-0.4, -0.2) is 34.5 Å². The Hall–Kier alpha value is -0.230. The van der Waals surface area contributed by atoms with Crippen LogP contribution in [0.5, 0.6) is 0 Å². The van der Waals surface area contributed by atoms with Gasteiger partial charge in [-0.15, -0.1) is 17.0 Å². The van der Waals surface area contributed by atoms with Gasteiger partial charge in [-0.25, -0.2) is 0 Å². The molecule has 2 aliphatic rings. The third-order valence-electron chi connectivity index (χ3n) is 3.56. The minimum Gasteiger partial charge on any atom is -0.366 e. The van der Waals surface area contributed by atoms with Gasteiger partial charge in [-0.1, -0.05) is 29.4 Å². The Bertz CT molecular complexity index is 525. The van der Waals surface area contributed by atoms with Gasteiger partial charge in [-0.3, -0.25) is 4.99 Å². The highest BCUT2D eigenvalue weighted by molar-refractivity contribution is 8.93. The molecule has 0 aromatic heterocycles. The van der Waals surface area contributed by atoms with Gasteiger partial charge in [0.1, 0.15) is 0 Å². The number of fused-ring (bicyclic) bond motifs is 3. The first-order valence-corrected chi connectivity index (χ1v) is 6.71. The third-order valence-corrected chi connectivity index (χ3v) is 5.24. The molecule has 0 bridgehead atoms. The van der Waals surface area contributed by atoms with Gasteiger partial charge >= 0.3 is 0 Å². The van der Waals surface area contributed by atoms with Gasteiger partial charge in [0, 0.05) is 24.7 Å². The van der Waals surface area contributed by atoms with Crippen LogP contribution in [0, 0.1) is 0 Å². The van der Waals surface area contributed by atoms with E-state index >= 15 is 0 Å². The van der Waals surface area contributed by atoms with E-state index in [1.165, 1.54) is 0 Å². The number of aliphatic imine (C=N–C) groups is 1. The highest BCUT2D eigenvalue weighted by Gasteiger charge is 2.55. The molecule has 2 atom stereocenters. The summed E-state index contributed by atoms with van der Waals surface area (Å²) in [7, 11) is 3.64. The summed E-state index contributed by atoms with van der Waals surface area (Å²) in [5, 5.41) is 12.6. The predicted molar refractivity (Wildman–Crippen MR) is 81.9 cm³/mol. The molecule has 0 saturated carbocycles. The molecule has 6 heteroatoms. The van der Waals surface area contributed by atoms with E-state index in [-0.39, 0.29) is 22.2 Å². The number of hydrogen-bond donors (Lipinski definition) is 1. The van der Waals surface area contributed by atoms with Gasteiger partial charge in [0.05, 0.1) is 5.25 Å². The molecular weight excluding hydrogens is 336 g/mol. The molecule has 1 fully saturated rings. The van der Waals surface area contributed by atoms with Crippen molar-refractivity contribution < 1.29 is 5.11 Å². The minimum absolute atomic E-state index is 0. The van der Waals surface area contributed by atoms with Gasteiger partial charge in [0.2, 0.25) is 0 Å². The van der Waals surface area contributed by atoms with Crippen LogP contribution in [0.1, 0.15) is 11.1 Å². The molecule has 1 saturated heterocycles. The van der Waals surface area contributed by atoms with E-state index in [0.717, 1.165) is 27.7 Å². The molecule has 3 rings (SSSR count). The lowest BCUT2D eigenvalue weighted by Gasteiger charge is -2.31. The van der Waals surface area contributed by atoms with E-state index < -0.39 is 5.72 Å². The largest absolute Gasteiger partial charge is 0.366 e. The number of aliphatic hydroxyl groups is 1. The van der Waals surface area contributed by atoms with Crippen molar-refractivity contribution in [3.05, 3.63) is 34.3 Å². The molecule has 0 radical (unpaired) electrons. The molecule has 2 unspecified atom stereocenters. The molecule has 1 N–H and O–H groups in total. The van der Waals surface area contributed by atoms with Gasteiger partial charge in [0.15, 0.2) is 10.9 Å². The second kappa shape index (κ2) is 4.71. The summed E-state index contributed by atoms with van der Waals surface area (Å²) in [4.78, 5) is 6.07. The maximum atomic E-state index is 10.9. The van der Waals surface area contributed by atoms with Crippen LogP contribution in [0.2, 0.25) is 5.02 Å². The van der Waals surface area contributed by atoms with Crippen molar-refractivity contribution >= 4 is 45.5 Å². The third kappa shape index (κ3) is 1.72. The quantitative estimate of drug-likeness (QED) is 0.782. The van der Waals surface area contributed by atoms with Crippen molar-refractivity contribution in [2.75, 3.05) is 14.1 Å². The second-order valence-electron chi connectivity index (χ2n) is 4.40. The summed E-state index contributed by atoms with van der Waals surface area (Å²) in [6.07, 6.45) is 0.834. The number of hydrogen-bond acceptors (Lipinski definition) is 3. The van der Waals surface area contributed by atoms with Crippen molar-refractivity contribution in [2.45, 2.75) is 17.4 Å². The topological polar surface area (TPSA) is 35.8 Å². The van der Waals surface area contributed by atoms with E-state index in [9.17, 15) is 5.11 Å². The average Bonchev–Trinajstić information content (AvgIpc) is 2.70. The monoisotopic (exact) mass is 348 g/mol. The summed E-state index contributed by atoms with van der Waals surface area (Å²) in [6.45, 7) is 0. The van der Waals surface area contributed by atoms with Gasteiger partial charge in [-0.2, -0.15) is 0 Å². The van der Waals surface area contributed by atoms with Crippen LogP contribution in [0.25, 0.3) is 0 Å². The second-order valence-corrected chi connectivity index (χ2v) is 6.01. The Balaban J connectivity index is 0.00000120. The molecule has 1 aliphatic heterocycles. The Morgan fingerprint density at radius 1 is 1.56 bits per heavy atom. The van der Waals surface area contributed by atoms with Crippen LogP contribution >= 0.6 is 40.3 Å². The maximum absolute atomic E-state index is 10.9. The van der Waals surface area contributed by atoms with E-state index in [0.29, 0.717) is 0 Å². The van der Waals surface area contributed by atoms with Gasteiger partial charge in [0.25, 0.3) is 0 Å². The summed E-state index contributed by atoms with van der Waals surface area (Å²) in [6, 6.07) is 5.71. The molecule has 1 aromatic carbocycles. The standard InChI is InChI=1S/C12H13ClN2OS.BrH/c1-14-11-15(2)12(16)9-4-3-8(13)5-7(9)6-10(12)17-11;/h3-5,10,16H,6H2,1-2H3;1H. The van der Waals surface area contributed by atoms with Crippen molar-refractivity contribution in [1.82, 2.24) is 4.90 Å². The van der Waals surface area contributed by atoms with E-state index in [2.05, 4.69) is 4.99 Å². The van der Waals surface area contributed by atoms with Crippen molar-refractivity contribution in [2.24, 2.45) is 4.99 Å². The minimum atomic E-state index is -0.931. The van der Waals surface area contributed by atoms with Crippen molar-refractivity contribution in [1.29, 1.82) is 0 Å². The van der Waals surface area contributed by atoms with Crippen LogP contribution in [0.4, 0.5) is 0 Å². The lowest BCUT2D eigenvalue weighted by atomic mass is 10.0. The van der Waals surface area contributed by atoms with Gasteiger partial charge in [-0.05, 0) is 24.1 Å². The molecule has 0 spiro atoms. The first kappa shape index (κ1) is 14.2. The van der Waals surface area contributed by atoms with Crippen molar-refractivity contribution in [3.63, 3.8) is 0 Å². The molecule has 3 nitrogen and oxygen atoms in total. The summed E-state index contributed by atoms with van der Waals surface area (Å²) >= 11 is 7.63. The summed E-state index contributed by atoms with van der Waals surface area (Å²) in [5.74, 6) is 0. The fourth-order valence-corrected chi connectivity index (χ4v) is 4.25. The first-order valence-electron chi connectivity index (χ1n) is 5.46. The van der Waals surface area contributed by atoms with E-state index in [1.54, 1.807) is 18.8 Å². The summed E-state index contributed by atoms with van der Waals surface area (Å²) < 4.78 is 0. The lowest BCUT2D eigenvalue weighted by molar-refractivity contribution is -0.0496. The molecular formula is C12H14BrClN2OS. The zero-order chi connectivity index (χ0) is 12.2. The fourth-order valence-electron chi connectivity index (χ4n) is 2.68. The van der Waals surface area contributed by atoms with E-state index in [4.69, 9.17) is 11.6 Å². The molecule has 98 valence electrons. The summed E-state index contributed by atoms with van der Waals surface area (Å²) in [5.41, 5.74) is 1.17. The Morgan fingerprint density at radius 2 is 2.28 bits per heavy atom. The SMILES string of the molecule is Br.CN=C1SC2Cc3cc(Cl)ccc3C2(O)N1C. The van der Waals surface area contributed by atoms with Crippen molar-refractivity contribution in [3.8, 4) is 0 Å². The van der Waals surface area contributed by atoms with E-state index in [1.807, 2.05) is 30.1 Å². The highest BCUT2D eigenvalue weighted by Crippen LogP contribution is 2.51. The number of nitrogens with zero attached hydrogens (tertiary/aromatic N) is 2. The Labute approximate surface area is 126 Å². The number of thioether (sulfide) groups is 1. The molecule has 1 aromatic rings. The zero-order valence-corrected chi connectivity index (χ0v) is 13.3. The smallest absolute Gasteiger partial charge is 0.178 e. The van der Waals surface area contributed by atoms with Gasteiger partial charge < -0.3 is 10.0 Å². The van der Waals surface area contributed by atoms with Crippen LogP contribution < -0.4 is 0 Å². The van der Waals surface area contributed by atoms with Crippen LogP contribution in [0.15, 0.2) is 23.2 Å². The number of halogens is 2.